The zero-order valence-electron chi connectivity index (χ0n) is 10.5. The molecule has 0 saturated carbocycles. The van der Waals surface area contributed by atoms with Crippen molar-refractivity contribution in [2.45, 2.75) is 32.1 Å². The molecule has 2 N–H and O–H groups in total. The Morgan fingerprint density at radius 2 is 2.33 bits per heavy atom. The first kappa shape index (κ1) is 13.0. The highest BCUT2D eigenvalue weighted by atomic mass is 16.5. The van der Waals surface area contributed by atoms with Crippen LogP contribution in [0.2, 0.25) is 0 Å². The lowest BCUT2D eigenvalue weighted by Crippen LogP contribution is -2.30. The summed E-state index contributed by atoms with van der Waals surface area (Å²) in [6.45, 7) is 2.75. The maximum absolute atomic E-state index is 11.6. The lowest BCUT2D eigenvalue weighted by Gasteiger charge is -2.22. The van der Waals surface area contributed by atoms with Gasteiger partial charge in [-0.15, -0.1) is 0 Å². The number of hydrogen-bond donors (Lipinski definition) is 2. The van der Waals surface area contributed by atoms with Crippen molar-refractivity contribution in [1.82, 2.24) is 20.8 Å². The molecule has 0 unspecified atom stereocenters. The fourth-order valence-electron chi connectivity index (χ4n) is 2.21. The third-order valence-corrected chi connectivity index (χ3v) is 3.32. The first-order valence-electron chi connectivity index (χ1n) is 6.57. The van der Waals surface area contributed by atoms with Gasteiger partial charge in [-0.1, -0.05) is 5.16 Å². The van der Waals surface area contributed by atoms with Crippen molar-refractivity contribution in [2.24, 2.45) is 5.92 Å². The number of hydrogen-bond acceptors (Lipinski definition) is 5. The molecule has 100 valence electrons. The first-order valence-corrected chi connectivity index (χ1v) is 6.57. The smallest absolute Gasteiger partial charge is 0.220 e. The van der Waals surface area contributed by atoms with Crippen molar-refractivity contribution < 1.29 is 9.32 Å². The Morgan fingerprint density at radius 3 is 3.06 bits per heavy atom. The summed E-state index contributed by atoms with van der Waals surface area (Å²) in [5.41, 5.74) is 0. The molecule has 1 aliphatic rings. The highest BCUT2D eigenvalue weighted by Gasteiger charge is 2.14. The largest absolute Gasteiger partial charge is 0.356 e. The van der Waals surface area contributed by atoms with E-state index in [-0.39, 0.29) is 5.91 Å². The van der Waals surface area contributed by atoms with Crippen LogP contribution in [-0.2, 0) is 11.2 Å². The SMILES string of the molecule is O=C(CCC1CCNCC1)NCCc1ncon1. The highest BCUT2D eigenvalue weighted by Crippen LogP contribution is 2.17. The summed E-state index contributed by atoms with van der Waals surface area (Å²) in [5, 5.41) is 9.90. The van der Waals surface area contributed by atoms with E-state index in [0.717, 1.165) is 19.5 Å². The lowest BCUT2D eigenvalue weighted by atomic mass is 9.93. The molecule has 0 atom stereocenters. The second-order valence-corrected chi connectivity index (χ2v) is 4.68. The molecule has 0 aliphatic carbocycles. The molecule has 6 nitrogen and oxygen atoms in total. The molecule has 1 aromatic heterocycles. The molecule has 6 heteroatoms. The van der Waals surface area contributed by atoms with Gasteiger partial charge in [-0.25, -0.2) is 0 Å². The van der Waals surface area contributed by atoms with Crippen molar-refractivity contribution >= 4 is 5.91 Å². The molecule has 1 saturated heterocycles. The fourth-order valence-corrected chi connectivity index (χ4v) is 2.21. The van der Waals surface area contributed by atoms with Gasteiger partial charge in [0.05, 0.1) is 0 Å². The topological polar surface area (TPSA) is 80.0 Å². The minimum atomic E-state index is 0.122. The van der Waals surface area contributed by atoms with E-state index in [2.05, 4.69) is 25.3 Å². The Kier molecular flexibility index (Phi) is 5.14. The average Bonchev–Trinajstić information content (AvgIpc) is 2.91. The number of piperidine rings is 1. The van der Waals surface area contributed by atoms with E-state index >= 15 is 0 Å². The Balaban J connectivity index is 1.54. The molecule has 1 aliphatic heterocycles. The van der Waals surface area contributed by atoms with E-state index in [1.807, 2.05) is 0 Å². The third-order valence-electron chi connectivity index (χ3n) is 3.32. The van der Waals surface area contributed by atoms with Crippen LogP contribution in [0.1, 0.15) is 31.5 Å². The number of amides is 1. The number of carbonyl (C=O) groups is 1. The van der Waals surface area contributed by atoms with E-state index in [1.54, 1.807) is 0 Å². The number of carbonyl (C=O) groups excluding carboxylic acids is 1. The van der Waals surface area contributed by atoms with Gasteiger partial charge in [-0.2, -0.15) is 4.98 Å². The molecule has 1 amide bonds. The molecule has 2 heterocycles. The predicted molar refractivity (Wildman–Crippen MR) is 65.8 cm³/mol. The van der Waals surface area contributed by atoms with Gasteiger partial charge < -0.3 is 15.2 Å². The van der Waals surface area contributed by atoms with Crippen LogP contribution in [0, 0.1) is 5.92 Å². The summed E-state index contributed by atoms with van der Waals surface area (Å²) in [6.07, 6.45) is 5.92. The molecule has 0 bridgehead atoms. The Morgan fingerprint density at radius 1 is 1.50 bits per heavy atom. The van der Waals surface area contributed by atoms with Crippen molar-refractivity contribution in [1.29, 1.82) is 0 Å². The van der Waals surface area contributed by atoms with Crippen LogP contribution < -0.4 is 10.6 Å². The normalized spacial score (nSPS) is 16.7. The van der Waals surface area contributed by atoms with Crippen molar-refractivity contribution in [3.8, 4) is 0 Å². The average molecular weight is 252 g/mol. The van der Waals surface area contributed by atoms with E-state index < -0.39 is 0 Å². The summed E-state index contributed by atoms with van der Waals surface area (Å²) in [5.74, 6) is 1.46. The van der Waals surface area contributed by atoms with Crippen LogP contribution in [0.4, 0.5) is 0 Å². The molecule has 0 radical (unpaired) electrons. The molecular weight excluding hydrogens is 232 g/mol. The number of aromatic nitrogens is 2. The van der Waals surface area contributed by atoms with Gasteiger partial charge in [-0.3, -0.25) is 4.79 Å². The van der Waals surface area contributed by atoms with Gasteiger partial charge >= 0.3 is 0 Å². The van der Waals surface area contributed by atoms with E-state index in [4.69, 9.17) is 0 Å². The van der Waals surface area contributed by atoms with Gasteiger partial charge in [0.25, 0.3) is 0 Å². The van der Waals surface area contributed by atoms with Crippen LogP contribution in [0.5, 0.6) is 0 Å². The number of nitrogens with zero attached hydrogens (tertiary/aromatic N) is 2. The number of rotatable bonds is 6. The molecule has 0 spiro atoms. The fraction of sp³-hybridized carbons (Fsp3) is 0.750. The molecule has 1 aromatic rings. The Bertz CT molecular complexity index is 347. The maximum Gasteiger partial charge on any atom is 0.220 e. The standard InChI is InChI=1S/C12H20N4O2/c17-12(2-1-10-3-6-13-7-4-10)14-8-5-11-15-9-18-16-11/h9-10,13H,1-8H2,(H,14,17). The molecule has 0 aromatic carbocycles. The summed E-state index contributed by atoms with van der Waals surface area (Å²) in [7, 11) is 0. The third kappa shape index (κ3) is 4.44. The molecule has 18 heavy (non-hydrogen) atoms. The summed E-state index contributed by atoms with van der Waals surface area (Å²) in [6, 6.07) is 0. The zero-order valence-corrected chi connectivity index (χ0v) is 10.5. The van der Waals surface area contributed by atoms with Gasteiger partial charge in [0.15, 0.2) is 5.82 Å². The summed E-state index contributed by atoms with van der Waals surface area (Å²) in [4.78, 5) is 15.5. The van der Waals surface area contributed by atoms with Gasteiger partial charge in [0.2, 0.25) is 12.3 Å². The van der Waals surface area contributed by atoms with Gasteiger partial charge in [-0.05, 0) is 38.3 Å². The first-order chi connectivity index (χ1) is 8.84. The lowest BCUT2D eigenvalue weighted by molar-refractivity contribution is -0.121. The second-order valence-electron chi connectivity index (χ2n) is 4.68. The van der Waals surface area contributed by atoms with Crippen LogP contribution >= 0.6 is 0 Å². The Labute approximate surface area is 107 Å². The monoisotopic (exact) mass is 252 g/mol. The minimum absolute atomic E-state index is 0.122. The highest BCUT2D eigenvalue weighted by molar-refractivity contribution is 5.75. The molecule has 2 rings (SSSR count). The van der Waals surface area contributed by atoms with Crippen LogP contribution in [0.25, 0.3) is 0 Å². The Hall–Kier alpha value is -1.43. The van der Waals surface area contributed by atoms with Crippen molar-refractivity contribution in [3.05, 3.63) is 12.2 Å². The van der Waals surface area contributed by atoms with E-state index in [1.165, 1.54) is 19.2 Å². The zero-order chi connectivity index (χ0) is 12.6. The van der Waals surface area contributed by atoms with Crippen molar-refractivity contribution in [3.63, 3.8) is 0 Å². The summed E-state index contributed by atoms with van der Waals surface area (Å²) >= 11 is 0. The van der Waals surface area contributed by atoms with E-state index in [9.17, 15) is 4.79 Å². The quantitative estimate of drug-likeness (QED) is 0.771. The molecular formula is C12H20N4O2. The van der Waals surface area contributed by atoms with Gasteiger partial charge in [0, 0.05) is 19.4 Å². The predicted octanol–water partition coefficient (Wildman–Crippen LogP) is 0.508. The van der Waals surface area contributed by atoms with Crippen LogP contribution in [-0.4, -0.2) is 35.7 Å². The second kappa shape index (κ2) is 7.10. The van der Waals surface area contributed by atoms with Crippen molar-refractivity contribution in [2.75, 3.05) is 19.6 Å². The number of nitrogens with one attached hydrogen (secondary N) is 2. The van der Waals surface area contributed by atoms with E-state index in [0.29, 0.717) is 31.1 Å². The maximum atomic E-state index is 11.6. The summed E-state index contributed by atoms with van der Waals surface area (Å²) < 4.78 is 4.62. The van der Waals surface area contributed by atoms with Crippen LogP contribution in [0.15, 0.2) is 10.9 Å². The molecule has 1 fully saturated rings. The van der Waals surface area contributed by atoms with Gasteiger partial charge in [0.1, 0.15) is 0 Å². The minimum Gasteiger partial charge on any atom is -0.356 e. The van der Waals surface area contributed by atoms with Crippen LogP contribution in [0.3, 0.4) is 0 Å².